The number of rotatable bonds is 2. The van der Waals surface area contributed by atoms with Gasteiger partial charge < -0.3 is 20.4 Å². The zero-order valence-corrected chi connectivity index (χ0v) is 11.5. The van der Waals surface area contributed by atoms with Gasteiger partial charge in [-0.1, -0.05) is 0 Å². The molecule has 0 aliphatic carbocycles. The predicted molar refractivity (Wildman–Crippen MR) is 70.3 cm³/mol. The van der Waals surface area contributed by atoms with Crippen LogP contribution >= 0.6 is 0 Å². The average Bonchev–Trinajstić information content (AvgIpc) is 2.40. The quantitative estimate of drug-likeness (QED) is 0.492. The fraction of sp³-hybridized carbons (Fsp3) is 0. The van der Waals surface area contributed by atoms with E-state index < -0.39 is 0 Å². The molecule has 0 aliphatic rings. The molecule has 0 saturated carbocycles. The number of carbonyl (C=O) groups is 2. The number of phenolic OH excluding ortho intramolecular Hbond substituents is 4. The van der Waals surface area contributed by atoms with Crippen LogP contribution in [0.5, 0.6) is 23.0 Å². The van der Waals surface area contributed by atoms with Gasteiger partial charge >= 0.3 is 0 Å². The van der Waals surface area contributed by atoms with Gasteiger partial charge in [0.05, 0.1) is 11.1 Å². The van der Waals surface area contributed by atoms with E-state index in [9.17, 15) is 9.59 Å². The van der Waals surface area contributed by atoms with E-state index in [4.69, 9.17) is 20.4 Å². The van der Waals surface area contributed by atoms with Crippen molar-refractivity contribution in [2.45, 2.75) is 0 Å². The SMILES string of the molecule is O=Cc1ccc(O)cc1O.O=Cc1ccc(O)cc1O.[Ni]. The molecule has 0 heterocycles. The Morgan fingerprint density at radius 2 is 1.00 bits per heavy atom. The van der Waals surface area contributed by atoms with E-state index >= 15 is 0 Å². The van der Waals surface area contributed by atoms with Gasteiger partial charge in [-0.3, -0.25) is 9.59 Å². The first kappa shape index (κ1) is 18.5. The summed E-state index contributed by atoms with van der Waals surface area (Å²) in [6.07, 6.45) is 1.05. The van der Waals surface area contributed by atoms with Gasteiger partial charge in [0.1, 0.15) is 23.0 Å². The molecule has 114 valence electrons. The van der Waals surface area contributed by atoms with Crippen molar-refractivity contribution in [3.05, 3.63) is 47.5 Å². The molecule has 0 atom stereocenters. The minimum atomic E-state index is -0.199. The molecule has 4 N–H and O–H groups in total. The molecule has 2 rings (SSSR count). The van der Waals surface area contributed by atoms with Crippen LogP contribution < -0.4 is 0 Å². The van der Waals surface area contributed by atoms with Crippen molar-refractivity contribution in [2.75, 3.05) is 0 Å². The normalized spacial score (nSPS) is 8.76. The third-order valence-electron chi connectivity index (χ3n) is 2.28. The number of aromatic hydroxyl groups is 4. The van der Waals surface area contributed by atoms with Crippen LogP contribution in [0.3, 0.4) is 0 Å². The van der Waals surface area contributed by atoms with Gasteiger partial charge in [0.2, 0.25) is 0 Å². The monoisotopic (exact) mass is 334 g/mol. The van der Waals surface area contributed by atoms with E-state index in [0.29, 0.717) is 12.6 Å². The van der Waals surface area contributed by atoms with Crippen molar-refractivity contribution in [3.63, 3.8) is 0 Å². The van der Waals surface area contributed by atoms with Gasteiger partial charge in [0.15, 0.2) is 12.6 Å². The average molecular weight is 335 g/mol. The molecule has 21 heavy (non-hydrogen) atoms. The fourth-order valence-electron chi connectivity index (χ4n) is 1.26. The van der Waals surface area contributed by atoms with Crippen LogP contribution in [0.15, 0.2) is 36.4 Å². The van der Waals surface area contributed by atoms with E-state index in [2.05, 4.69) is 0 Å². The molecule has 0 unspecified atom stereocenters. The maximum Gasteiger partial charge on any atom is 0.153 e. The van der Waals surface area contributed by atoms with Gasteiger partial charge in [0.25, 0.3) is 0 Å². The number of hydrogen-bond acceptors (Lipinski definition) is 6. The van der Waals surface area contributed by atoms with Gasteiger partial charge in [-0.25, -0.2) is 0 Å². The number of benzene rings is 2. The van der Waals surface area contributed by atoms with Gasteiger partial charge in [0, 0.05) is 28.6 Å². The summed E-state index contributed by atoms with van der Waals surface area (Å²) in [5.41, 5.74) is 0.357. The van der Waals surface area contributed by atoms with E-state index in [0.717, 1.165) is 12.1 Å². The zero-order chi connectivity index (χ0) is 15.1. The predicted octanol–water partition coefficient (Wildman–Crippen LogP) is 1.82. The Bertz CT molecular complexity index is 571. The summed E-state index contributed by atoms with van der Waals surface area (Å²) in [7, 11) is 0. The van der Waals surface area contributed by atoms with Crippen LogP contribution in [0.1, 0.15) is 20.7 Å². The minimum absolute atomic E-state index is 0. The Balaban J connectivity index is 0.000000364. The van der Waals surface area contributed by atoms with Crippen molar-refractivity contribution in [1.82, 2.24) is 0 Å². The Morgan fingerprint density at radius 3 is 1.24 bits per heavy atom. The van der Waals surface area contributed by atoms with Crippen LogP contribution in [0.2, 0.25) is 0 Å². The molecule has 0 spiro atoms. The fourth-order valence-corrected chi connectivity index (χ4v) is 1.26. The van der Waals surface area contributed by atoms with E-state index in [1.54, 1.807) is 0 Å². The third-order valence-corrected chi connectivity index (χ3v) is 2.28. The molecular weight excluding hydrogens is 323 g/mol. The molecule has 0 bridgehead atoms. The molecule has 0 fully saturated rings. The minimum Gasteiger partial charge on any atom is -0.508 e. The molecule has 6 nitrogen and oxygen atoms in total. The molecule has 0 aliphatic heterocycles. The number of carbonyl (C=O) groups excluding carboxylic acids is 2. The Hall–Kier alpha value is -2.53. The summed E-state index contributed by atoms with van der Waals surface area (Å²) in [6.45, 7) is 0. The number of phenols is 4. The molecule has 0 saturated heterocycles. The molecule has 7 heteroatoms. The third kappa shape index (κ3) is 5.54. The first-order valence-corrected chi connectivity index (χ1v) is 5.42. The van der Waals surface area contributed by atoms with Crippen molar-refractivity contribution >= 4 is 12.6 Å². The van der Waals surface area contributed by atoms with E-state index in [-0.39, 0.29) is 50.6 Å². The summed E-state index contributed by atoms with van der Waals surface area (Å²) in [6, 6.07) is 7.59. The maximum absolute atomic E-state index is 10.1. The summed E-state index contributed by atoms with van der Waals surface area (Å²) >= 11 is 0. The molecule has 0 aromatic heterocycles. The Morgan fingerprint density at radius 1 is 0.667 bits per heavy atom. The van der Waals surface area contributed by atoms with E-state index in [1.165, 1.54) is 24.3 Å². The van der Waals surface area contributed by atoms with Crippen molar-refractivity contribution in [1.29, 1.82) is 0 Å². The van der Waals surface area contributed by atoms with Crippen molar-refractivity contribution in [3.8, 4) is 23.0 Å². The second-order valence-electron chi connectivity index (χ2n) is 3.72. The van der Waals surface area contributed by atoms with Crippen molar-refractivity contribution < 1.29 is 46.5 Å². The molecule has 0 radical (unpaired) electrons. The van der Waals surface area contributed by atoms with Gasteiger partial charge in [-0.05, 0) is 24.3 Å². The number of aldehydes is 2. The van der Waals surface area contributed by atoms with Crippen LogP contribution in [0.25, 0.3) is 0 Å². The topological polar surface area (TPSA) is 115 Å². The molecule has 0 amide bonds. The van der Waals surface area contributed by atoms with Crippen molar-refractivity contribution in [2.24, 2.45) is 0 Å². The smallest absolute Gasteiger partial charge is 0.153 e. The standard InChI is InChI=1S/2C7H6O3.Ni/c2*8-4-5-1-2-6(9)3-7(5)10;/h2*1-4,9-10H;. The molecule has 2 aromatic rings. The maximum atomic E-state index is 10.1. The summed E-state index contributed by atoms with van der Waals surface area (Å²) in [5.74, 6) is -0.504. The first-order valence-electron chi connectivity index (χ1n) is 5.42. The number of hydrogen-bond donors (Lipinski definition) is 4. The van der Waals surface area contributed by atoms with Crippen LogP contribution in [-0.4, -0.2) is 33.0 Å². The first-order chi connectivity index (χ1) is 9.47. The molecular formula is C14H12NiO6. The summed E-state index contributed by atoms with van der Waals surface area (Å²) in [4.78, 5) is 20.2. The van der Waals surface area contributed by atoms with Crippen LogP contribution in [-0.2, 0) is 16.5 Å². The van der Waals surface area contributed by atoms with E-state index in [1.807, 2.05) is 0 Å². The summed E-state index contributed by atoms with van der Waals surface area (Å²) in [5, 5.41) is 35.3. The zero-order valence-electron chi connectivity index (χ0n) is 10.5. The van der Waals surface area contributed by atoms with Crippen LogP contribution in [0.4, 0.5) is 0 Å². The molecule has 2 aromatic carbocycles. The second kappa shape index (κ2) is 8.61. The largest absolute Gasteiger partial charge is 0.508 e. The second-order valence-corrected chi connectivity index (χ2v) is 3.72. The van der Waals surface area contributed by atoms with Gasteiger partial charge in [-0.15, -0.1) is 0 Å². The summed E-state index contributed by atoms with van der Waals surface area (Å²) < 4.78 is 0. The van der Waals surface area contributed by atoms with Gasteiger partial charge in [-0.2, -0.15) is 0 Å². The Labute approximate surface area is 130 Å². The Kier molecular flexibility index (Phi) is 7.57. The van der Waals surface area contributed by atoms with Crippen LogP contribution in [0, 0.1) is 0 Å².